The lowest BCUT2D eigenvalue weighted by atomic mass is 10.1. The molecule has 0 aliphatic rings. The predicted molar refractivity (Wildman–Crippen MR) is 60.5 cm³/mol. The van der Waals surface area contributed by atoms with E-state index in [2.05, 4.69) is 0 Å². The second-order valence-electron chi connectivity index (χ2n) is 3.29. The molecule has 94 valence electrons. The number of phenols is 1. The molecule has 1 atom stereocenters. The van der Waals surface area contributed by atoms with Crippen LogP contribution in [0, 0.1) is 0 Å². The molecule has 0 saturated carbocycles. The predicted octanol–water partition coefficient (Wildman–Crippen LogP) is 1.01. The second-order valence-corrected chi connectivity index (χ2v) is 3.29. The molecule has 1 unspecified atom stereocenters. The van der Waals surface area contributed by atoms with Crippen LogP contribution in [0.1, 0.15) is 18.6 Å². The fourth-order valence-corrected chi connectivity index (χ4v) is 1.38. The van der Waals surface area contributed by atoms with Crippen LogP contribution in [0.2, 0.25) is 0 Å². The third-order valence-electron chi connectivity index (χ3n) is 2.10. The number of aliphatic hydroxyl groups excluding tert-OH is 1. The van der Waals surface area contributed by atoms with Crippen LogP contribution in [0.15, 0.2) is 24.3 Å². The van der Waals surface area contributed by atoms with Gasteiger partial charge in [-0.3, -0.25) is 0 Å². The molecular formula is C12H16O5. The molecule has 0 radical (unpaired) electrons. The largest absolute Gasteiger partial charge is 0.508 e. The van der Waals surface area contributed by atoms with E-state index in [0.29, 0.717) is 5.56 Å². The summed E-state index contributed by atoms with van der Waals surface area (Å²) in [5.74, 6) is -0.619. The van der Waals surface area contributed by atoms with Crippen LogP contribution in [-0.2, 0) is 14.3 Å². The van der Waals surface area contributed by atoms with Crippen molar-refractivity contribution in [1.29, 1.82) is 0 Å². The molecular weight excluding hydrogens is 224 g/mol. The van der Waals surface area contributed by atoms with E-state index in [9.17, 15) is 9.90 Å². The zero-order valence-corrected chi connectivity index (χ0v) is 9.63. The summed E-state index contributed by atoms with van der Waals surface area (Å²) in [5.41, 5.74) is 0.333. The summed E-state index contributed by atoms with van der Waals surface area (Å²) in [6, 6.07) is 6.37. The number of aliphatic hydroxyl groups is 1. The van der Waals surface area contributed by atoms with E-state index in [1.807, 2.05) is 0 Å². The van der Waals surface area contributed by atoms with Crippen LogP contribution in [-0.4, -0.2) is 36.0 Å². The Kier molecular flexibility index (Phi) is 5.45. The smallest absolute Gasteiger partial charge is 0.340 e. The molecule has 0 amide bonds. The maximum atomic E-state index is 11.7. The standard InChI is InChI=1S/C12H16O5/c1-2-16-12(15)11(17-8-7-13)9-5-3-4-6-10(9)14/h3-6,11,13-14H,2,7-8H2,1H3. The van der Waals surface area contributed by atoms with E-state index in [4.69, 9.17) is 14.6 Å². The molecule has 0 bridgehead atoms. The number of hydrogen-bond acceptors (Lipinski definition) is 5. The van der Waals surface area contributed by atoms with Crippen LogP contribution in [0.5, 0.6) is 5.75 Å². The molecule has 1 aromatic rings. The molecule has 17 heavy (non-hydrogen) atoms. The lowest BCUT2D eigenvalue weighted by Crippen LogP contribution is -2.20. The number of carbonyl (C=O) groups excluding carboxylic acids is 1. The Hall–Kier alpha value is -1.59. The third-order valence-corrected chi connectivity index (χ3v) is 2.10. The number of rotatable bonds is 6. The molecule has 0 saturated heterocycles. The van der Waals surface area contributed by atoms with Crippen molar-refractivity contribution in [3.63, 3.8) is 0 Å². The van der Waals surface area contributed by atoms with Crippen LogP contribution >= 0.6 is 0 Å². The van der Waals surface area contributed by atoms with Gasteiger partial charge in [0.05, 0.1) is 19.8 Å². The molecule has 5 heteroatoms. The average Bonchev–Trinajstić information content (AvgIpc) is 2.32. The van der Waals surface area contributed by atoms with Crippen molar-refractivity contribution in [3.05, 3.63) is 29.8 Å². The zero-order valence-electron chi connectivity index (χ0n) is 9.63. The first-order chi connectivity index (χ1) is 8.20. The summed E-state index contributed by atoms with van der Waals surface area (Å²) in [7, 11) is 0. The van der Waals surface area contributed by atoms with E-state index in [0.717, 1.165) is 0 Å². The Morgan fingerprint density at radius 1 is 1.41 bits per heavy atom. The van der Waals surface area contributed by atoms with Gasteiger partial charge in [-0.2, -0.15) is 0 Å². The first kappa shape index (κ1) is 13.5. The van der Waals surface area contributed by atoms with Gasteiger partial charge in [-0.05, 0) is 13.0 Å². The van der Waals surface area contributed by atoms with Gasteiger partial charge in [-0.25, -0.2) is 4.79 Å². The lowest BCUT2D eigenvalue weighted by molar-refractivity contribution is -0.158. The highest BCUT2D eigenvalue weighted by Gasteiger charge is 2.25. The summed E-state index contributed by atoms with van der Waals surface area (Å²) in [5, 5.41) is 18.4. The van der Waals surface area contributed by atoms with Gasteiger partial charge >= 0.3 is 5.97 Å². The van der Waals surface area contributed by atoms with Gasteiger partial charge in [0.25, 0.3) is 0 Å². The number of para-hydroxylation sites is 1. The maximum Gasteiger partial charge on any atom is 0.340 e. The molecule has 0 aliphatic carbocycles. The molecule has 2 N–H and O–H groups in total. The SMILES string of the molecule is CCOC(=O)C(OCCO)c1ccccc1O. The minimum atomic E-state index is -1.01. The van der Waals surface area contributed by atoms with Gasteiger partial charge in [0.2, 0.25) is 0 Å². The Morgan fingerprint density at radius 3 is 2.71 bits per heavy atom. The average molecular weight is 240 g/mol. The minimum absolute atomic E-state index is 0.00217. The van der Waals surface area contributed by atoms with Crippen molar-refractivity contribution < 1.29 is 24.5 Å². The maximum absolute atomic E-state index is 11.7. The fourth-order valence-electron chi connectivity index (χ4n) is 1.38. The monoisotopic (exact) mass is 240 g/mol. The number of benzene rings is 1. The molecule has 0 fully saturated rings. The van der Waals surface area contributed by atoms with Crippen LogP contribution in [0.25, 0.3) is 0 Å². The normalized spacial score (nSPS) is 12.1. The van der Waals surface area contributed by atoms with Gasteiger partial charge < -0.3 is 19.7 Å². The van der Waals surface area contributed by atoms with Gasteiger partial charge in [0.15, 0.2) is 6.10 Å². The Morgan fingerprint density at radius 2 is 2.12 bits per heavy atom. The number of esters is 1. The Bertz CT molecular complexity index is 364. The number of phenolic OH excluding ortho intramolecular Hbond substituents is 1. The molecule has 0 spiro atoms. The minimum Gasteiger partial charge on any atom is -0.508 e. The lowest BCUT2D eigenvalue weighted by Gasteiger charge is -2.17. The summed E-state index contributed by atoms with van der Waals surface area (Å²) in [6.45, 7) is 1.71. The van der Waals surface area contributed by atoms with Crippen molar-refractivity contribution in [2.45, 2.75) is 13.0 Å². The topological polar surface area (TPSA) is 76.0 Å². The highest BCUT2D eigenvalue weighted by Crippen LogP contribution is 2.27. The first-order valence-electron chi connectivity index (χ1n) is 5.37. The molecule has 5 nitrogen and oxygen atoms in total. The van der Waals surface area contributed by atoms with E-state index >= 15 is 0 Å². The van der Waals surface area contributed by atoms with Crippen molar-refractivity contribution in [1.82, 2.24) is 0 Å². The van der Waals surface area contributed by atoms with Crippen molar-refractivity contribution in [3.8, 4) is 5.75 Å². The van der Waals surface area contributed by atoms with E-state index in [1.54, 1.807) is 25.1 Å². The second kappa shape index (κ2) is 6.88. The number of ether oxygens (including phenoxy) is 2. The summed E-state index contributed by atoms with van der Waals surface area (Å²) in [6.07, 6.45) is -1.01. The summed E-state index contributed by atoms with van der Waals surface area (Å²) in [4.78, 5) is 11.7. The zero-order chi connectivity index (χ0) is 12.7. The third kappa shape index (κ3) is 3.72. The van der Waals surface area contributed by atoms with E-state index < -0.39 is 12.1 Å². The Labute approximate surface area is 99.6 Å². The molecule has 0 aliphatic heterocycles. The van der Waals surface area contributed by atoms with Gasteiger partial charge in [0.1, 0.15) is 5.75 Å². The number of aromatic hydroxyl groups is 1. The van der Waals surface area contributed by atoms with Gasteiger partial charge in [0, 0.05) is 5.56 Å². The highest BCUT2D eigenvalue weighted by molar-refractivity contribution is 5.77. The summed E-state index contributed by atoms with van der Waals surface area (Å²) >= 11 is 0. The van der Waals surface area contributed by atoms with Crippen molar-refractivity contribution >= 4 is 5.97 Å². The Balaban J connectivity index is 2.89. The quantitative estimate of drug-likeness (QED) is 0.726. The van der Waals surface area contributed by atoms with Crippen LogP contribution in [0.4, 0.5) is 0 Å². The van der Waals surface area contributed by atoms with Gasteiger partial charge in [-0.1, -0.05) is 18.2 Å². The molecule has 0 heterocycles. The highest BCUT2D eigenvalue weighted by atomic mass is 16.6. The van der Waals surface area contributed by atoms with E-state index in [1.165, 1.54) is 6.07 Å². The molecule has 1 rings (SSSR count). The molecule has 0 aromatic heterocycles. The van der Waals surface area contributed by atoms with Crippen molar-refractivity contribution in [2.75, 3.05) is 19.8 Å². The molecule has 1 aromatic carbocycles. The first-order valence-corrected chi connectivity index (χ1v) is 5.37. The van der Waals surface area contributed by atoms with Crippen LogP contribution in [0.3, 0.4) is 0 Å². The van der Waals surface area contributed by atoms with Crippen LogP contribution < -0.4 is 0 Å². The summed E-state index contributed by atoms with van der Waals surface area (Å²) < 4.78 is 10.0. The van der Waals surface area contributed by atoms with Gasteiger partial charge in [-0.15, -0.1) is 0 Å². The van der Waals surface area contributed by atoms with E-state index in [-0.39, 0.29) is 25.6 Å². The fraction of sp³-hybridized carbons (Fsp3) is 0.417. The number of hydrogen-bond donors (Lipinski definition) is 2. The number of carbonyl (C=O) groups is 1. The van der Waals surface area contributed by atoms with Crippen molar-refractivity contribution in [2.24, 2.45) is 0 Å².